The van der Waals surface area contributed by atoms with E-state index in [1.807, 2.05) is 54.6 Å². The molecule has 0 aliphatic heterocycles. The van der Waals surface area contributed by atoms with E-state index in [-0.39, 0.29) is 6.03 Å². The van der Waals surface area contributed by atoms with Crippen molar-refractivity contribution in [3.8, 4) is 5.75 Å². The topological polar surface area (TPSA) is 50.4 Å². The van der Waals surface area contributed by atoms with Crippen molar-refractivity contribution in [3.05, 3.63) is 60.2 Å². The van der Waals surface area contributed by atoms with Crippen molar-refractivity contribution in [1.29, 1.82) is 0 Å². The summed E-state index contributed by atoms with van der Waals surface area (Å²) in [6, 6.07) is 17.2. The van der Waals surface area contributed by atoms with E-state index in [9.17, 15) is 4.79 Å². The third-order valence-corrected chi connectivity index (χ3v) is 4.67. The number of carbonyl (C=O) groups excluding carboxylic acids is 1. The first-order valence-corrected chi connectivity index (χ1v) is 10.6. The highest BCUT2D eigenvalue weighted by Gasteiger charge is 2.02. The summed E-state index contributed by atoms with van der Waals surface area (Å²) >= 11 is 0. The number of nitrogens with one attached hydrogen (secondary N) is 2. The van der Waals surface area contributed by atoms with E-state index in [0.29, 0.717) is 6.54 Å². The summed E-state index contributed by atoms with van der Waals surface area (Å²) in [6.45, 7) is 3.51. The van der Waals surface area contributed by atoms with E-state index in [1.165, 1.54) is 44.9 Å². The maximum absolute atomic E-state index is 12.0. The van der Waals surface area contributed by atoms with Gasteiger partial charge in [0, 0.05) is 12.2 Å². The zero-order valence-corrected chi connectivity index (χ0v) is 17.1. The first kappa shape index (κ1) is 21.8. The molecule has 2 aromatic rings. The van der Waals surface area contributed by atoms with Gasteiger partial charge < -0.3 is 15.4 Å². The number of benzene rings is 2. The van der Waals surface area contributed by atoms with Crippen molar-refractivity contribution in [2.24, 2.45) is 0 Å². The fraction of sp³-hybridized carbons (Fsp3) is 0.458. The maximum Gasteiger partial charge on any atom is 0.319 e. The van der Waals surface area contributed by atoms with Gasteiger partial charge in [-0.05, 0) is 36.2 Å². The molecule has 0 aliphatic carbocycles. The minimum atomic E-state index is -0.212. The van der Waals surface area contributed by atoms with Crippen LogP contribution >= 0.6 is 0 Å². The largest absolute Gasteiger partial charge is 0.494 e. The maximum atomic E-state index is 12.0. The van der Waals surface area contributed by atoms with Gasteiger partial charge in [-0.2, -0.15) is 0 Å². The van der Waals surface area contributed by atoms with E-state index < -0.39 is 0 Å². The lowest BCUT2D eigenvalue weighted by atomic mass is 10.1. The van der Waals surface area contributed by atoms with Crippen LogP contribution in [0, 0.1) is 0 Å². The molecule has 2 N–H and O–H groups in total. The monoisotopic (exact) mass is 382 g/mol. The van der Waals surface area contributed by atoms with Crippen LogP contribution in [0.25, 0.3) is 0 Å². The second kappa shape index (κ2) is 13.6. The van der Waals surface area contributed by atoms with Gasteiger partial charge in [0.05, 0.1) is 6.61 Å². The van der Waals surface area contributed by atoms with Gasteiger partial charge in [-0.25, -0.2) is 4.79 Å². The number of unbranched alkanes of at least 4 members (excludes halogenated alkanes) is 7. The molecule has 152 valence electrons. The molecule has 0 saturated carbocycles. The van der Waals surface area contributed by atoms with Gasteiger partial charge in [-0.1, -0.05) is 82.2 Å². The minimum Gasteiger partial charge on any atom is -0.494 e. The van der Waals surface area contributed by atoms with Gasteiger partial charge in [0.1, 0.15) is 5.75 Å². The van der Waals surface area contributed by atoms with Gasteiger partial charge in [0.2, 0.25) is 0 Å². The van der Waals surface area contributed by atoms with Gasteiger partial charge in [0.25, 0.3) is 0 Å². The van der Waals surface area contributed by atoms with Crippen LogP contribution in [0.3, 0.4) is 0 Å². The van der Waals surface area contributed by atoms with Crippen LogP contribution in [0.5, 0.6) is 5.75 Å². The second-order valence-corrected chi connectivity index (χ2v) is 7.14. The van der Waals surface area contributed by atoms with Gasteiger partial charge >= 0.3 is 6.03 Å². The van der Waals surface area contributed by atoms with Crippen LogP contribution in [0.1, 0.15) is 63.9 Å². The van der Waals surface area contributed by atoms with Crippen LogP contribution in [0.15, 0.2) is 54.6 Å². The number of ether oxygens (including phenoxy) is 1. The highest BCUT2D eigenvalue weighted by Crippen LogP contribution is 2.16. The van der Waals surface area contributed by atoms with Crippen LogP contribution in [-0.4, -0.2) is 12.6 Å². The van der Waals surface area contributed by atoms with E-state index in [1.54, 1.807) is 0 Å². The van der Waals surface area contributed by atoms with Crippen LogP contribution in [0.2, 0.25) is 0 Å². The number of hydrogen-bond acceptors (Lipinski definition) is 2. The Balaban J connectivity index is 1.56. The predicted molar refractivity (Wildman–Crippen MR) is 117 cm³/mol. The number of carbonyl (C=O) groups is 1. The third kappa shape index (κ3) is 9.45. The first-order valence-electron chi connectivity index (χ1n) is 10.6. The van der Waals surface area contributed by atoms with Crippen molar-refractivity contribution in [1.82, 2.24) is 5.32 Å². The number of amides is 2. The molecule has 4 heteroatoms. The van der Waals surface area contributed by atoms with Crippen molar-refractivity contribution >= 4 is 11.7 Å². The third-order valence-electron chi connectivity index (χ3n) is 4.67. The molecule has 0 heterocycles. The SMILES string of the molecule is CCCCCCCCCCOc1ccc(NC(=O)NCc2ccccc2)cc1. The summed E-state index contributed by atoms with van der Waals surface area (Å²) in [5, 5.41) is 5.69. The lowest BCUT2D eigenvalue weighted by Crippen LogP contribution is -2.28. The number of hydrogen-bond donors (Lipinski definition) is 2. The fourth-order valence-electron chi connectivity index (χ4n) is 3.01. The van der Waals surface area contributed by atoms with Gasteiger partial charge in [0.15, 0.2) is 0 Å². The summed E-state index contributed by atoms with van der Waals surface area (Å²) < 4.78 is 5.79. The molecule has 0 spiro atoms. The summed E-state index contributed by atoms with van der Waals surface area (Å²) in [6.07, 6.45) is 10.4. The minimum absolute atomic E-state index is 0.212. The molecule has 0 saturated heterocycles. The molecular formula is C24H34N2O2. The van der Waals surface area contributed by atoms with Crippen molar-refractivity contribution in [3.63, 3.8) is 0 Å². The molecule has 0 unspecified atom stereocenters. The number of anilines is 1. The molecule has 2 aromatic carbocycles. The Bertz CT molecular complexity index is 656. The Kier molecular flexibility index (Phi) is 10.6. The van der Waals surface area contributed by atoms with E-state index in [4.69, 9.17) is 4.74 Å². The van der Waals surface area contributed by atoms with Crippen LogP contribution in [-0.2, 0) is 6.54 Å². The normalized spacial score (nSPS) is 10.5. The molecule has 0 atom stereocenters. The molecule has 0 radical (unpaired) electrons. The summed E-state index contributed by atoms with van der Waals surface area (Å²) in [7, 11) is 0. The smallest absolute Gasteiger partial charge is 0.319 e. The Hall–Kier alpha value is -2.49. The number of rotatable bonds is 13. The Labute approximate surface area is 169 Å². The lowest BCUT2D eigenvalue weighted by molar-refractivity contribution is 0.251. The van der Waals surface area contributed by atoms with E-state index in [0.717, 1.165) is 30.0 Å². The van der Waals surface area contributed by atoms with Crippen molar-refractivity contribution < 1.29 is 9.53 Å². The van der Waals surface area contributed by atoms with Crippen molar-refractivity contribution in [2.45, 2.75) is 64.8 Å². The molecular weight excluding hydrogens is 348 g/mol. The molecule has 2 rings (SSSR count). The highest BCUT2D eigenvalue weighted by atomic mass is 16.5. The average molecular weight is 383 g/mol. The quantitative estimate of drug-likeness (QED) is 0.387. The predicted octanol–water partition coefficient (Wildman–Crippen LogP) is 6.53. The molecule has 0 aromatic heterocycles. The highest BCUT2D eigenvalue weighted by molar-refractivity contribution is 5.89. The van der Waals surface area contributed by atoms with Crippen molar-refractivity contribution in [2.75, 3.05) is 11.9 Å². The molecule has 0 fully saturated rings. The van der Waals surface area contributed by atoms with Gasteiger partial charge in [-0.15, -0.1) is 0 Å². The molecule has 4 nitrogen and oxygen atoms in total. The zero-order chi connectivity index (χ0) is 19.9. The molecule has 28 heavy (non-hydrogen) atoms. The van der Waals surface area contributed by atoms with Crippen LogP contribution in [0.4, 0.5) is 10.5 Å². The summed E-state index contributed by atoms with van der Waals surface area (Å²) in [5.41, 5.74) is 1.83. The zero-order valence-electron chi connectivity index (χ0n) is 17.1. The van der Waals surface area contributed by atoms with Gasteiger partial charge in [-0.3, -0.25) is 0 Å². The molecule has 2 amide bonds. The van der Waals surface area contributed by atoms with E-state index >= 15 is 0 Å². The van der Waals surface area contributed by atoms with Crippen LogP contribution < -0.4 is 15.4 Å². The first-order chi connectivity index (χ1) is 13.8. The average Bonchev–Trinajstić information content (AvgIpc) is 2.73. The standard InChI is InChI=1S/C24H34N2O2/c1-2-3-4-5-6-7-8-12-19-28-23-17-15-22(16-18-23)26-24(27)25-20-21-13-10-9-11-14-21/h9-11,13-18H,2-8,12,19-20H2,1H3,(H2,25,26,27). The fourth-order valence-corrected chi connectivity index (χ4v) is 3.01. The second-order valence-electron chi connectivity index (χ2n) is 7.14. The number of urea groups is 1. The summed E-state index contributed by atoms with van der Waals surface area (Å²) in [5.74, 6) is 0.846. The van der Waals surface area contributed by atoms with E-state index in [2.05, 4.69) is 17.6 Å². The summed E-state index contributed by atoms with van der Waals surface area (Å²) in [4.78, 5) is 12.0. The lowest BCUT2D eigenvalue weighted by Gasteiger charge is -2.09. The molecule has 0 aliphatic rings. The Morgan fingerprint density at radius 1 is 0.821 bits per heavy atom. The Morgan fingerprint density at radius 2 is 1.46 bits per heavy atom. The Morgan fingerprint density at radius 3 is 2.14 bits per heavy atom. The molecule has 0 bridgehead atoms.